The molecular weight excluding hydrogens is 288 g/mol. The summed E-state index contributed by atoms with van der Waals surface area (Å²) >= 11 is 0. The molecule has 0 aliphatic heterocycles. The van der Waals surface area contributed by atoms with Gasteiger partial charge in [0.1, 0.15) is 29.3 Å². The van der Waals surface area contributed by atoms with Crippen molar-refractivity contribution < 1.29 is 19.0 Å². The molecule has 0 amide bonds. The fourth-order valence-corrected chi connectivity index (χ4v) is 2.20. The van der Waals surface area contributed by atoms with Gasteiger partial charge in [-0.2, -0.15) is 0 Å². The molecule has 2 N–H and O–H groups in total. The third-order valence-corrected chi connectivity index (χ3v) is 3.25. The highest BCUT2D eigenvalue weighted by atomic mass is 16.5. The highest BCUT2D eigenvalue weighted by Gasteiger charge is 2.14. The van der Waals surface area contributed by atoms with Gasteiger partial charge < -0.3 is 24.0 Å². The predicted octanol–water partition coefficient (Wildman–Crippen LogP) is 1.69. The number of aromatic nitrogens is 2. The zero-order chi connectivity index (χ0) is 15.7. The summed E-state index contributed by atoms with van der Waals surface area (Å²) < 4.78 is 15.8. The monoisotopic (exact) mass is 302 g/mol. The van der Waals surface area contributed by atoms with Gasteiger partial charge in [0.2, 0.25) is 0 Å². The van der Waals surface area contributed by atoms with Crippen molar-refractivity contribution in [1.29, 1.82) is 0 Å². The summed E-state index contributed by atoms with van der Waals surface area (Å²) in [7, 11) is 3.00. The lowest BCUT2D eigenvalue weighted by Gasteiger charge is -2.08. The maximum atomic E-state index is 12.3. The number of ether oxygens (including phenoxy) is 2. The van der Waals surface area contributed by atoms with E-state index in [1.54, 1.807) is 24.3 Å². The van der Waals surface area contributed by atoms with E-state index in [4.69, 9.17) is 19.0 Å². The summed E-state index contributed by atoms with van der Waals surface area (Å²) in [4.78, 5) is 19.4. The second-order valence-electron chi connectivity index (χ2n) is 4.56. The van der Waals surface area contributed by atoms with Gasteiger partial charge in [-0.3, -0.25) is 4.79 Å². The second-order valence-corrected chi connectivity index (χ2v) is 4.56. The number of furan rings is 1. The first kappa shape index (κ1) is 14.2. The van der Waals surface area contributed by atoms with Crippen molar-refractivity contribution in [3.8, 4) is 23.1 Å². The minimum absolute atomic E-state index is 0.223. The van der Waals surface area contributed by atoms with Crippen molar-refractivity contribution in [3.05, 3.63) is 40.4 Å². The van der Waals surface area contributed by atoms with E-state index in [-0.39, 0.29) is 18.0 Å². The molecule has 114 valence electrons. The van der Waals surface area contributed by atoms with Crippen molar-refractivity contribution in [2.24, 2.45) is 0 Å². The number of hydrogen-bond donors (Lipinski definition) is 2. The quantitative estimate of drug-likeness (QED) is 0.761. The Morgan fingerprint density at radius 1 is 1.27 bits per heavy atom. The number of H-pyrrole nitrogens is 1. The third-order valence-electron chi connectivity index (χ3n) is 3.25. The molecule has 2 heterocycles. The minimum Gasteiger partial charge on any atom is -0.497 e. The first-order valence-electron chi connectivity index (χ1n) is 6.52. The van der Waals surface area contributed by atoms with Gasteiger partial charge in [0.15, 0.2) is 11.6 Å². The average molecular weight is 302 g/mol. The van der Waals surface area contributed by atoms with Crippen LogP contribution in [0.5, 0.6) is 11.5 Å². The highest BCUT2D eigenvalue weighted by molar-refractivity contribution is 5.86. The van der Waals surface area contributed by atoms with Gasteiger partial charge >= 0.3 is 0 Å². The molecule has 0 bridgehead atoms. The van der Waals surface area contributed by atoms with E-state index in [1.165, 1.54) is 14.2 Å². The second kappa shape index (κ2) is 5.53. The van der Waals surface area contributed by atoms with E-state index in [9.17, 15) is 4.79 Å². The van der Waals surface area contributed by atoms with Crippen LogP contribution in [0.25, 0.3) is 22.5 Å². The Balaban J connectivity index is 2.25. The number of aliphatic hydroxyl groups is 1. The average Bonchev–Trinajstić information content (AvgIpc) is 3.02. The number of aromatic amines is 1. The van der Waals surface area contributed by atoms with E-state index in [0.29, 0.717) is 33.9 Å². The molecular formula is C15H14N2O5. The Hall–Kier alpha value is -2.80. The van der Waals surface area contributed by atoms with Crippen molar-refractivity contribution in [2.75, 3.05) is 14.2 Å². The van der Waals surface area contributed by atoms with Crippen molar-refractivity contribution >= 4 is 10.9 Å². The van der Waals surface area contributed by atoms with Crippen molar-refractivity contribution in [3.63, 3.8) is 0 Å². The summed E-state index contributed by atoms with van der Waals surface area (Å²) in [6, 6.07) is 6.51. The smallest absolute Gasteiger partial charge is 0.262 e. The van der Waals surface area contributed by atoms with Crippen LogP contribution in [0.15, 0.2) is 33.5 Å². The van der Waals surface area contributed by atoms with Crippen LogP contribution < -0.4 is 15.0 Å². The van der Waals surface area contributed by atoms with Crippen LogP contribution in [0.2, 0.25) is 0 Å². The molecule has 0 aliphatic rings. The van der Waals surface area contributed by atoms with Crippen LogP contribution in [0.4, 0.5) is 0 Å². The van der Waals surface area contributed by atoms with Gasteiger partial charge in [0, 0.05) is 12.1 Å². The number of nitrogens with one attached hydrogen (secondary N) is 1. The van der Waals surface area contributed by atoms with Gasteiger partial charge in [-0.1, -0.05) is 0 Å². The Labute approximate surface area is 125 Å². The van der Waals surface area contributed by atoms with E-state index in [1.807, 2.05) is 0 Å². The Morgan fingerprint density at radius 3 is 2.73 bits per heavy atom. The number of fused-ring (bicyclic) bond motifs is 1. The summed E-state index contributed by atoms with van der Waals surface area (Å²) in [5.74, 6) is 1.94. The van der Waals surface area contributed by atoms with E-state index in [2.05, 4.69) is 9.97 Å². The number of rotatable bonds is 4. The van der Waals surface area contributed by atoms with Gasteiger partial charge in [0.05, 0.1) is 19.7 Å². The molecule has 0 spiro atoms. The van der Waals surface area contributed by atoms with Crippen LogP contribution in [0.3, 0.4) is 0 Å². The first-order valence-corrected chi connectivity index (χ1v) is 6.52. The lowest BCUT2D eigenvalue weighted by molar-refractivity contribution is 0.248. The van der Waals surface area contributed by atoms with Crippen molar-refractivity contribution in [1.82, 2.24) is 9.97 Å². The summed E-state index contributed by atoms with van der Waals surface area (Å²) in [5, 5.41) is 9.38. The van der Waals surface area contributed by atoms with Crippen LogP contribution >= 0.6 is 0 Å². The molecule has 1 aromatic carbocycles. The maximum absolute atomic E-state index is 12.3. The SMILES string of the molecule is COc1cc(OC)c2c(=O)[nH]c(-c3ccc(CO)o3)nc2c1. The standard InChI is InChI=1S/C15H14N2O5/c1-20-9-5-10-13(12(6-9)21-2)15(19)17-14(16-10)11-4-3-8(7-18)22-11/h3-6,18H,7H2,1-2H3,(H,16,17,19). The normalized spacial score (nSPS) is 10.9. The topological polar surface area (TPSA) is 97.6 Å². The van der Waals surface area contributed by atoms with E-state index < -0.39 is 0 Å². The number of methoxy groups -OCH3 is 2. The summed E-state index contributed by atoms with van der Waals surface area (Å²) in [6.45, 7) is -0.223. The predicted molar refractivity (Wildman–Crippen MR) is 79.1 cm³/mol. The summed E-state index contributed by atoms with van der Waals surface area (Å²) in [5.41, 5.74) is 0.0818. The van der Waals surface area contributed by atoms with Gasteiger partial charge in [0.25, 0.3) is 5.56 Å². The van der Waals surface area contributed by atoms with Crippen molar-refractivity contribution in [2.45, 2.75) is 6.61 Å². The molecule has 0 aliphatic carbocycles. The van der Waals surface area contributed by atoms with Crippen LogP contribution in [-0.4, -0.2) is 29.3 Å². The fraction of sp³-hybridized carbons (Fsp3) is 0.200. The fourth-order valence-electron chi connectivity index (χ4n) is 2.20. The molecule has 0 fully saturated rings. The van der Waals surface area contributed by atoms with E-state index in [0.717, 1.165) is 0 Å². The molecule has 7 heteroatoms. The molecule has 0 radical (unpaired) electrons. The lowest BCUT2D eigenvalue weighted by atomic mass is 10.2. The van der Waals surface area contributed by atoms with Gasteiger partial charge in [-0.05, 0) is 12.1 Å². The minimum atomic E-state index is -0.346. The molecule has 2 aromatic heterocycles. The number of hydrogen-bond acceptors (Lipinski definition) is 6. The highest BCUT2D eigenvalue weighted by Crippen LogP contribution is 2.29. The van der Waals surface area contributed by atoms with Crippen LogP contribution in [0.1, 0.15) is 5.76 Å². The lowest BCUT2D eigenvalue weighted by Crippen LogP contribution is -2.10. The third kappa shape index (κ3) is 2.31. The summed E-state index contributed by atoms with van der Waals surface area (Å²) in [6.07, 6.45) is 0. The molecule has 22 heavy (non-hydrogen) atoms. The van der Waals surface area contributed by atoms with Crippen LogP contribution in [0, 0.1) is 0 Å². The number of benzene rings is 1. The Bertz CT molecular complexity index is 881. The molecule has 0 saturated carbocycles. The number of nitrogens with zero attached hydrogens (tertiary/aromatic N) is 1. The zero-order valence-electron chi connectivity index (χ0n) is 12.0. The van der Waals surface area contributed by atoms with Gasteiger partial charge in [-0.15, -0.1) is 0 Å². The maximum Gasteiger partial charge on any atom is 0.262 e. The van der Waals surface area contributed by atoms with E-state index >= 15 is 0 Å². The molecule has 0 unspecified atom stereocenters. The van der Waals surface area contributed by atoms with Gasteiger partial charge in [-0.25, -0.2) is 4.98 Å². The molecule has 3 rings (SSSR count). The molecule has 0 saturated heterocycles. The Morgan fingerprint density at radius 2 is 2.09 bits per heavy atom. The largest absolute Gasteiger partial charge is 0.497 e. The zero-order valence-corrected chi connectivity index (χ0v) is 12.0. The number of aliphatic hydroxyl groups excluding tert-OH is 1. The van der Waals surface area contributed by atoms with Crippen LogP contribution in [-0.2, 0) is 6.61 Å². The molecule has 0 atom stereocenters. The first-order chi connectivity index (χ1) is 10.7. The molecule has 7 nitrogen and oxygen atoms in total. The Kier molecular flexibility index (Phi) is 3.56. The molecule has 3 aromatic rings.